The second-order valence-corrected chi connectivity index (χ2v) is 5.68. The maximum Gasteiger partial charge on any atom is 0.345 e. The molecule has 0 atom stereocenters. The lowest BCUT2D eigenvalue weighted by Crippen LogP contribution is -2.45. The van der Waals surface area contributed by atoms with Gasteiger partial charge in [-0.25, -0.2) is 4.79 Å². The van der Waals surface area contributed by atoms with Gasteiger partial charge in [-0.2, -0.15) is 5.26 Å². The van der Waals surface area contributed by atoms with Crippen LogP contribution in [0.3, 0.4) is 0 Å². The molecule has 10 nitrogen and oxygen atoms in total. The number of nitro groups is 1. The molecule has 0 unspecified atom stereocenters. The predicted molar refractivity (Wildman–Crippen MR) is 88.9 cm³/mol. The summed E-state index contributed by atoms with van der Waals surface area (Å²) in [5, 5.41) is 20.2. The van der Waals surface area contributed by atoms with Crippen molar-refractivity contribution in [2.24, 2.45) is 0 Å². The molecule has 0 spiro atoms. The molecule has 140 valence electrons. The number of rotatable bonds is 7. The third-order valence-corrected chi connectivity index (χ3v) is 3.73. The van der Waals surface area contributed by atoms with E-state index >= 15 is 0 Å². The van der Waals surface area contributed by atoms with Gasteiger partial charge in [0.1, 0.15) is 11.1 Å². The number of nitrogens with zero attached hydrogens (tertiary/aromatic N) is 3. The second-order valence-electron chi connectivity index (χ2n) is 5.68. The predicted octanol–water partition coefficient (Wildman–Crippen LogP) is 1.53. The van der Waals surface area contributed by atoms with Crippen molar-refractivity contribution in [2.75, 3.05) is 27.9 Å². The van der Waals surface area contributed by atoms with E-state index in [2.05, 4.69) is 0 Å². The van der Waals surface area contributed by atoms with Gasteiger partial charge in [0.25, 0.3) is 11.6 Å². The van der Waals surface area contributed by atoms with E-state index < -0.39 is 34.6 Å². The first-order valence-corrected chi connectivity index (χ1v) is 7.34. The number of carbonyl (C=O) groups is 2. The average molecular weight is 365 g/mol. The Hall–Kier alpha value is -3.35. The minimum Gasteiger partial charge on any atom is -0.493 e. The Morgan fingerprint density at radius 2 is 1.81 bits per heavy atom. The van der Waals surface area contributed by atoms with Gasteiger partial charge in [-0.1, -0.05) is 0 Å². The summed E-state index contributed by atoms with van der Waals surface area (Å²) in [5.41, 5.74) is -2.04. The van der Waals surface area contributed by atoms with Crippen LogP contribution in [0.1, 0.15) is 24.2 Å². The molecule has 0 aliphatic carbocycles. The summed E-state index contributed by atoms with van der Waals surface area (Å²) in [7, 11) is 3.99. The van der Waals surface area contributed by atoms with Gasteiger partial charge in [-0.15, -0.1) is 0 Å². The summed E-state index contributed by atoms with van der Waals surface area (Å²) in [6.07, 6.45) is 0. The van der Waals surface area contributed by atoms with Crippen molar-refractivity contribution >= 4 is 17.6 Å². The van der Waals surface area contributed by atoms with Crippen LogP contribution in [0.15, 0.2) is 12.1 Å². The van der Waals surface area contributed by atoms with E-state index in [0.29, 0.717) is 0 Å². The monoisotopic (exact) mass is 365 g/mol. The lowest BCUT2D eigenvalue weighted by molar-refractivity contribution is -0.385. The number of carbonyl (C=O) groups excluding carboxylic acids is 2. The summed E-state index contributed by atoms with van der Waals surface area (Å²) in [4.78, 5) is 35.8. The number of benzene rings is 1. The molecule has 0 saturated heterocycles. The topological polar surface area (TPSA) is 132 Å². The van der Waals surface area contributed by atoms with E-state index in [9.17, 15) is 19.7 Å². The minimum absolute atomic E-state index is 0.0716. The Morgan fingerprint density at radius 3 is 2.27 bits per heavy atom. The fourth-order valence-electron chi connectivity index (χ4n) is 1.87. The first-order chi connectivity index (χ1) is 12.1. The second kappa shape index (κ2) is 8.15. The number of nitro benzene ring substituents is 1. The fraction of sp³-hybridized carbons (Fsp3) is 0.438. The maximum atomic E-state index is 12.2. The molecular weight excluding hydrogens is 346 g/mol. The first kappa shape index (κ1) is 20.7. The van der Waals surface area contributed by atoms with E-state index in [1.165, 1.54) is 35.1 Å². The summed E-state index contributed by atoms with van der Waals surface area (Å²) >= 11 is 0. The number of hydrogen-bond acceptors (Lipinski definition) is 8. The summed E-state index contributed by atoms with van der Waals surface area (Å²) < 4.78 is 14.9. The van der Waals surface area contributed by atoms with Gasteiger partial charge in [0.15, 0.2) is 18.1 Å². The Bertz CT molecular complexity index is 768. The molecule has 0 heterocycles. The van der Waals surface area contributed by atoms with Gasteiger partial charge in [0, 0.05) is 13.1 Å². The molecule has 0 radical (unpaired) electrons. The highest BCUT2D eigenvalue weighted by molar-refractivity contribution is 5.96. The summed E-state index contributed by atoms with van der Waals surface area (Å²) in [5.74, 6) is -1.54. The van der Waals surface area contributed by atoms with Gasteiger partial charge >= 0.3 is 5.97 Å². The molecule has 0 N–H and O–H groups in total. The molecule has 0 fully saturated rings. The Kier molecular flexibility index (Phi) is 6.49. The van der Waals surface area contributed by atoms with Crippen LogP contribution >= 0.6 is 0 Å². The molecule has 1 amide bonds. The molecule has 0 saturated carbocycles. The van der Waals surface area contributed by atoms with Crippen molar-refractivity contribution in [3.63, 3.8) is 0 Å². The smallest absolute Gasteiger partial charge is 0.345 e. The largest absolute Gasteiger partial charge is 0.493 e. The SMILES string of the molecule is COc1cc(C(=O)OCC(=O)N(C)C(C)(C)C#N)c([N+](=O)[O-])cc1OC. The maximum absolute atomic E-state index is 12.2. The molecule has 0 aliphatic heterocycles. The number of esters is 1. The summed E-state index contributed by atoms with van der Waals surface area (Å²) in [6, 6.07) is 4.07. The molecule has 1 rings (SSSR count). The standard InChI is InChI=1S/C16H19N3O7/c1-16(2,9-17)18(3)14(20)8-26-15(21)10-6-12(24-4)13(25-5)7-11(10)19(22)23/h6-7H,8H2,1-5H3. The number of hydrogen-bond donors (Lipinski definition) is 0. The number of nitriles is 1. The molecule has 0 aliphatic rings. The normalized spacial score (nSPS) is 10.5. The van der Waals surface area contributed by atoms with E-state index in [-0.39, 0.29) is 17.1 Å². The van der Waals surface area contributed by atoms with Crippen molar-refractivity contribution in [3.05, 3.63) is 27.8 Å². The third-order valence-electron chi connectivity index (χ3n) is 3.73. The van der Waals surface area contributed by atoms with Gasteiger partial charge in [-0.3, -0.25) is 14.9 Å². The lowest BCUT2D eigenvalue weighted by Gasteiger charge is -2.28. The molecule has 26 heavy (non-hydrogen) atoms. The van der Waals surface area contributed by atoms with Crippen molar-refractivity contribution in [1.29, 1.82) is 5.26 Å². The number of methoxy groups -OCH3 is 2. The van der Waals surface area contributed by atoms with Crippen molar-refractivity contribution < 1.29 is 28.7 Å². The molecule has 0 aromatic heterocycles. The van der Waals surface area contributed by atoms with Crippen molar-refractivity contribution in [2.45, 2.75) is 19.4 Å². The highest BCUT2D eigenvalue weighted by atomic mass is 16.6. The molecule has 0 bridgehead atoms. The van der Waals surface area contributed by atoms with Crippen molar-refractivity contribution in [1.82, 2.24) is 4.90 Å². The average Bonchev–Trinajstić information content (AvgIpc) is 2.63. The van der Waals surface area contributed by atoms with Crippen LogP contribution in [0.4, 0.5) is 5.69 Å². The summed E-state index contributed by atoms with van der Waals surface area (Å²) in [6.45, 7) is 2.36. The van der Waals surface area contributed by atoms with Crippen LogP contribution in [-0.4, -0.2) is 55.1 Å². The zero-order valence-corrected chi connectivity index (χ0v) is 15.1. The van der Waals surface area contributed by atoms with E-state index in [1.54, 1.807) is 0 Å². The number of ether oxygens (including phenoxy) is 3. The van der Waals surface area contributed by atoms with Crippen LogP contribution in [0, 0.1) is 21.4 Å². The minimum atomic E-state index is -1.10. The quantitative estimate of drug-likeness (QED) is 0.404. The van der Waals surface area contributed by atoms with Crippen LogP contribution in [0.25, 0.3) is 0 Å². The molecule has 10 heteroatoms. The zero-order valence-electron chi connectivity index (χ0n) is 15.1. The molecule has 1 aromatic rings. The van der Waals surface area contributed by atoms with Gasteiger partial charge in [0.2, 0.25) is 0 Å². The van der Waals surface area contributed by atoms with Gasteiger partial charge < -0.3 is 19.1 Å². The van der Waals surface area contributed by atoms with Crippen molar-refractivity contribution in [3.8, 4) is 17.6 Å². The van der Waals surface area contributed by atoms with Crippen LogP contribution < -0.4 is 9.47 Å². The molecule has 1 aromatic carbocycles. The molecular formula is C16H19N3O7. The van der Waals surface area contributed by atoms with Crippen LogP contribution in [-0.2, 0) is 9.53 Å². The van der Waals surface area contributed by atoms with Crippen LogP contribution in [0.2, 0.25) is 0 Å². The number of amides is 1. The lowest BCUT2D eigenvalue weighted by atomic mass is 10.1. The Morgan fingerprint density at radius 1 is 1.27 bits per heavy atom. The Labute approximate surface area is 150 Å². The van der Waals surface area contributed by atoms with Gasteiger partial charge in [-0.05, 0) is 13.8 Å². The fourth-order valence-corrected chi connectivity index (χ4v) is 1.87. The van der Waals surface area contributed by atoms with Gasteiger partial charge in [0.05, 0.1) is 31.3 Å². The van der Waals surface area contributed by atoms with E-state index in [1.807, 2.05) is 6.07 Å². The van der Waals surface area contributed by atoms with E-state index in [4.69, 9.17) is 19.5 Å². The number of likely N-dealkylation sites (N-methyl/N-ethyl adjacent to an activating group) is 1. The highest BCUT2D eigenvalue weighted by Gasteiger charge is 2.30. The highest BCUT2D eigenvalue weighted by Crippen LogP contribution is 2.34. The van der Waals surface area contributed by atoms with Crippen LogP contribution in [0.5, 0.6) is 11.5 Å². The first-order valence-electron chi connectivity index (χ1n) is 7.34. The zero-order chi connectivity index (χ0) is 20.1. The Balaban J connectivity index is 3.05. The van der Waals surface area contributed by atoms with E-state index in [0.717, 1.165) is 17.0 Å². The third kappa shape index (κ3) is 4.38.